The Morgan fingerprint density at radius 2 is 1.94 bits per heavy atom. The van der Waals surface area contributed by atoms with Gasteiger partial charge in [-0.15, -0.1) is 0 Å². The molecule has 4 heteroatoms. The minimum absolute atomic E-state index is 0.197. The molecule has 0 radical (unpaired) electrons. The van der Waals surface area contributed by atoms with Gasteiger partial charge in [-0.2, -0.15) is 0 Å². The quantitative estimate of drug-likeness (QED) is 0.626. The van der Waals surface area contributed by atoms with Crippen LogP contribution in [0.2, 0.25) is 0 Å². The molecule has 1 heterocycles. The van der Waals surface area contributed by atoms with E-state index in [1.54, 1.807) is 24.3 Å². The van der Waals surface area contributed by atoms with Gasteiger partial charge in [-0.25, -0.2) is 0 Å². The molecule has 0 aliphatic rings. The zero-order valence-electron chi connectivity index (χ0n) is 8.92. The van der Waals surface area contributed by atoms with Gasteiger partial charge in [0, 0.05) is 5.56 Å². The van der Waals surface area contributed by atoms with E-state index in [1.807, 2.05) is 18.2 Å². The maximum atomic E-state index is 9.46. The smallest absolute Gasteiger partial charge is 0.190 e. The Bertz CT molecular complexity index is 689. The van der Waals surface area contributed by atoms with Gasteiger partial charge in [0.05, 0.1) is 11.1 Å². The number of fused-ring (bicyclic) bond motifs is 1. The van der Waals surface area contributed by atoms with Gasteiger partial charge >= 0.3 is 0 Å². The van der Waals surface area contributed by atoms with E-state index in [9.17, 15) is 5.11 Å². The van der Waals surface area contributed by atoms with Crippen LogP contribution in [-0.2, 0) is 0 Å². The van der Waals surface area contributed by atoms with Crippen LogP contribution >= 0.6 is 0 Å². The van der Waals surface area contributed by atoms with Crippen molar-refractivity contribution in [3.05, 3.63) is 42.5 Å². The number of aromatic nitrogens is 1. The van der Waals surface area contributed by atoms with Crippen LogP contribution in [-0.4, -0.2) is 10.3 Å². The number of nitrogens with two attached hydrogens (primary N) is 1. The summed E-state index contributed by atoms with van der Waals surface area (Å²) in [6.45, 7) is 0. The molecule has 3 N–H and O–H groups in total. The van der Waals surface area contributed by atoms with Crippen LogP contribution in [0.15, 0.2) is 47.0 Å². The summed E-state index contributed by atoms with van der Waals surface area (Å²) >= 11 is 0. The van der Waals surface area contributed by atoms with E-state index in [0.717, 1.165) is 10.9 Å². The molecular weight excluding hydrogens is 216 g/mol. The van der Waals surface area contributed by atoms with Gasteiger partial charge in [-0.1, -0.05) is 23.4 Å². The van der Waals surface area contributed by atoms with Crippen molar-refractivity contribution in [2.75, 3.05) is 5.73 Å². The van der Waals surface area contributed by atoms with Crippen LogP contribution in [0.25, 0.3) is 22.2 Å². The molecule has 0 spiro atoms. The van der Waals surface area contributed by atoms with Gasteiger partial charge in [-0.3, -0.25) is 0 Å². The summed E-state index contributed by atoms with van der Waals surface area (Å²) in [7, 11) is 0. The second kappa shape index (κ2) is 3.52. The largest absolute Gasteiger partial charge is 0.508 e. The van der Waals surface area contributed by atoms with Crippen molar-refractivity contribution in [3.63, 3.8) is 0 Å². The molecule has 0 amide bonds. The van der Waals surface area contributed by atoms with Crippen LogP contribution in [0.1, 0.15) is 0 Å². The molecule has 3 aromatic rings. The third-order valence-corrected chi connectivity index (χ3v) is 2.65. The maximum absolute atomic E-state index is 9.46. The molecule has 1 aromatic heterocycles. The molecule has 2 aromatic carbocycles. The maximum Gasteiger partial charge on any atom is 0.190 e. The number of nitrogens with zero attached hydrogens (tertiary/aromatic N) is 1. The molecular formula is C13H10N2O2. The minimum atomic E-state index is 0.197. The van der Waals surface area contributed by atoms with E-state index in [-0.39, 0.29) is 5.75 Å². The van der Waals surface area contributed by atoms with Crippen LogP contribution in [0.4, 0.5) is 5.69 Å². The zero-order valence-corrected chi connectivity index (χ0v) is 8.92. The fourth-order valence-corrected chi connectivity index (χ4v) is 1.85. The number of rotatable bonds is 1. The van der Waals surface area contributed by atoms with Crippen LogP contribution in [0.3, 0.4) is 0 Å². The van der Waals surface area contributed by atoms with Crippen molar-refractivity contribution < 1.29 is 9.63 Å². The topological polar surface area (TPSA) is 72.3 Å². The summed E-state index contributed by atoms with van der Waals surface area (Å²) in [5.41, 5.74) is 8.41. The molecule has 0 saturated heterocycles. The number of aromatic hydroxyl groups is 1. The lowest BCUT2D eigenvalue weighted by Crippen LogP contribution is -1.83. The molecule has 0 saturated carbocycles. The predicted molar refractivity (Wildman–Crippen MR) is 65.5 cm³/mol. The van der Waals surface area contributed by atoms with Crippen LogP contribution < -0.4 is 5.73 Å². The number of hydrogen-bond donors (Lipinski definition) is 2. The Balaban J connectivity index is 2.28. The van der Waals surface area contributed by atoms with Gasteiger partial charge in [-0.05, 0) is 24.3 Å². The first-order valence-corrected chi connectivity index (χ1v) is 5.19. The highest BCUT2D eigenvalue weighted by Crippen LogP contribution is 2.31. The number of anilines is 1. The number of phenolic OH excluding ortho intramolecular Hbond substituents is 1. The zero-order chi connectivity index (χ0) is 11.8. The number of nitrogen functional groups attached to an aromatic ring is 1. The first-order valence-electron chi connectivity index (χ1n) is 5.19. The first kappa shape index (κ1) is 9.72. The van der Waals surface area contributed by atoms with E-state index < -0.39 is 0 Å². The van der Waals surface area contributed by atoms with Gasteiger partial charge in [0.1, 0.15) is 11.4 Å². The molecule has 3 rings (SSSR count). The Kier molecular flexibility index (Phi) is 2.01. The standard InChI is InChI=1S/C13H10N2O2/c14-11-6-2-5-10-12(15-17-13(10)11)8-3-1-4-9(16)7-8/h1-7,16H,14H2. The summed E-state index contributed by atoms with van der Waals surface area (Å²) in [6, 6.07) is 12.4. The lowest BCUT2D eigenvalue weighted by molar-refractivity contribution is 0.460. The molecule has 0 unspecified atom stereocenters. The van der Waals surface area contributed by atoms with Crippen molar-refractivity contribution in [1.29, 1.82) is 0 Å². The molecule has 17 heavy (non-hydrogen) atoms. The molecule has 0 atom stereocenters. The summed E-state index contributed by atoms with van der Waals surface area (Å²) in [4.78, 5) is 0. The summed E-state index contributed by atoms with van der Waals surface area (Å²) < 4.78 is 5.22. The minimum Gasteiger partial charge on any atom is -0.508 e. The normalized spacial score (nSPS) is 10.8. The van der Waals surface area contributed by atoms with Gasteiger partial charge in [0.25, 0.3) is 0 Å². The monoisotopic (exact) mass is 226 g/mol. The molecule has 0 aliphatic heterocycles. The molecule has 0 fully saturated rings. The fraction of sp³-hybridized carbons (Fsp3) is 0. The van der Waals surface area contributed by atoms with Crippen molar-refractivity contribution in [1.82, 2.24) is 5.16 Å². The fourth-order valence-electron chi connectivity index (χ4n) is 1.85. The first-order chi connectivity index (χ1) is 8.25. The molecule has 4 nitrogen and oxygen atoms in total. The summed E-state index contributed by atoms with van der Waals surface area (Å²) in [6.07, 6.45) is 0. The number of para-hydroxylation sites is 1. The van der Waals surface area contributed by atoms with Crippen LogP contribution in [0.5, 0.6) is 5.75 Å². The van der Waals surface area contributed by atoms with Gasteiger partial charge in [0.2, 0.25) is 0 Å². The van der Waals surface area contributed by atoms with Crippen LogP contribution in [0, 0.1) is 0 Å². The van der Waals surface area contributed by atoms with Gasteiger partial charge in [0.15, 0.2) is 5.58 Å². The van der Waals surface area contributed by atoms with Crippen molar-refractivity contribution >= 4 is 16.7 Å². The van der Waals surface area contributed by atoms with Crippen molar-refractivity contribution in [3.8, 4) is 17.0 Å². The number of benzene rings is 2. The second-order valence-electron chi connectivity index (χ2n) is 3.81. The van der Waals surface area contributed by atoms with E-state index >= 15 is 0 Å². The lowest BCUT2D eigenvalue weighted by atomic mass is 10.1. The second-order valence-corrected chi connectivity index (χ2v) is 3.81. The van der Waals surface area contributed by atoms with Crippen molar-refractivity contribution in [2.45, 2.75) is 0 Å². The van der Waals surface area contributed by atoms with Gasteiger partial charge < -0.3 is 15.4 Å². The highest BCUT2D eigenvalue weighted by molar-refractivity contribution is 5.97. The van der Waals surface area contributed by atoms with Crippen molar-refractivity contribution in [2.24, 2.45) is 0 Å². The number of hydrogen-bond acceptors (Lipinski definition) is 4. The third kappa shape index (κ3) is 1.50. The van der Waals surface area contributed by atoms with E-state index in [2.05, 4.69) is 5.16 Å². The molecule has 84 valence electrons. The lowest BCUT2D eigenvalue weighted by Gasteiger charge is -1.98. The third-order valence-electron chi connectivity index (χ3n) is 2.65. The SMILES string of the molecule is Nc1cccc2c(-c3cccc(O)c3)noc12. The average molecular weight is 226 g/mol. The van der Waals surface area contributed by atoms with E-state index in [0.29, 0.717) is 17.0 Å². The highest BCUT2D eigenvalue weighted by Gasteiger charge is 2.12. The molecule has 0 bridgehead atoms. The Morgan fingerprint density at radius 1 is 1.12 bits per heavy atom. The highest BCUT2D eigenvalue weighted by atomic mass is 16.5. The Hall–Kier alpha value is -2.49. The summed E-state index contributed by atoms with van der Waals surface area (Å²) in [5.74, 6) is 0.197. The van der Waals surface area contributed by atoms with E-state index in [4.69, 9.17) is 10.3 Å². The van der Waals surface area contributed by atoms with E-state index in [1.165, 1.54) is 0 Å². The Labute approximate surface area is 97.3 Å². The Morgan fingerprint density at radius 3 is 2.76 bits per heavy atom. The summed E-state index contributed by atoms with van der Waals surface area (Å²) in [5, 5.41) is 14.3. The molecule has 0 aliphatic carbocycles. The predicted octanol–water partition coefficient (Wildman–Crippen LogP) is 2.78. The average Bonchev–Trinajstić information content (AvgIpc) is 2.74. The number of phenols is 1.